The number of allylic oxidation sites excluding steroid dienone is 4. The minimum atomic E-state index is -0.375. The third-order valence-electron chi connectivity index (χ3n) is 2.61. The van der Waals surface area contributed by atoms with Gasteiger partial charge in [-0.1, -0.05) is 35.6 Å². The first-order valence-corrected chi connectivity index (χ1v) is 7.02. The molecular formula is C20H20O2. The maximum Gasteiger partial charge on any atom is 0.308 e. The number of hydrogen-bond acceptors (Lipinski definition) is 2. The van der Waals surface area contributed by atoms with Crippen LogP contribution in [0.2, 0.25) is 0 Å². The van der Waals surface area contributed by atoms with E-state index in [1.807, 2.05) is 58.0 Å². The molecule has 0 fully saturated rings. The highest BCUT2D eigenvalue weighted by atomic mass is 16.5. The molecule has 0 amide bonds. The lowest BCUT2D eigenvalue weighted by Gasteiger charge is -2.01. The Balaban J connectivity index is 3.09. The van der Waals surface area contributed by atoms with Crippen LogP contribution in [0.1, 0.15) is 40.2 Å². The molecule has 1 aromatic carbocycles. The highest BCUT2D eigenvalue weighted by Gasteiger charge is 2.01. The van der Waals surface area contributed by atoms with Gasteiger partial charge >= 0.3 is 5.97 Å². The molecule has 0 saturated carbocycles. The lowest BCUT2D eigenvalue weighted by molar-refractivity contribution is -0.136. The molecule has 112 valence electrons. The van der Waals surface area contributed by atoms with Crippen LogP contribution in [0, 0.1) is 23.7 Å². The molecule has 0 aliphatic heterocycles. The van der Waals surface area contributed by atoms with E-state index >= 15 is 0 Å². The molecule has 0 aliphatic rings. The van der Waals surface area contributed by atoms with Gasteiger partial charge in [0.1, 0.15) is 0 Å². The summed E-state index contributed by atoms with van der Waals surface area (Å²) in [5.74, 6) is 12.1. The SMILES string of the molecule is CC(=O)OC(C#CC(C#Cc1ccccc1)=C(C)C)=C(C)C. The minimum Gasteiger partial charge on any atom is -0.417 e. The van der Waals surface area contributed by atoms with Crippen LogP contribution >= 0.6 is 0 Å². The van der Waals surface area contributed by atoms with Gasteiger partial charge in [-0.15, -0.1) is 0 Å². The van der Waals surface area contributed by atoms with Crippen molar-refractivity contribution in [3.05, 3.63) is 58.4 Å². The summed E-state index contributed by atoms with van der Waals surface area (Å²) >= 11 is 0. The summed E-state index contributed by atoms with van der Waals surface area (Å²) in [4.78, 5) is 11.1. The van der Waals surface area contributed by atoms with Crippen molar-refractivity contribution in [1.29, 1.82) is 0 Å². The van der Waals surface area contributed by atoms with Crippen molar-refractivity contribution in [1.82, 2.24) is 0 Å². The van der Waals surface area contributed by atoms with Gasteiger partial charge in [-0.2, -0.15) is 0 Å². The quantitative estimate of drug-likeness (QED) is 0.440. The third kappa shape index (κ3) is 6.16. The van der Waals surface area contributed by atoms with Crippen LogP contribution in [0.3, 0.4) is 0 Å². The first-order valence-electron chi connectivity index (χ1n) is 7.02. The Labute approximate surface area is 132 Å². The zero-order chi connectivity index (χ0) is 16.5. The standard InChI is InChI=1S/C20H20O2/c1-15(2)19(12-11-18-9-7-6-8-10-18)13-14-20(16(3)4)22-17(5)21/h6-10H,1-5H3. The van der Waals surface area contributed by atoms with E-state index in [1.165, 1.54) is 6.92 Å². The largest absolute Gasteiger partial charge is 0.417 e. The van der Waals surface area contributed by atoms with Crippen LogP contribution in [-0.2, 0) is 9.53 Å². The average molecular weight is 292 g/mol. The maximum atomic E-state index is 11.1. The van der Waals surface area contributed by atoms with Crippen LogP contribution in [0.5, 0.6) is 0 Å². The van der Waals surface area contributed by atoms with E-state index in [0.717, 1.165) is 22.3 Å². The van der Waals surface area contributed by atoms with E-state index in [0.29, 0.717) is 5.76 Å². The van der Waals surface area contributed by atoms with Gasteiger partial charge in [-0.05, 0) is 57.2 Å². The van der Waals surface area contributed by atoms with Crippen LogP contribution in [0.4, 0.5) is 0 Å². The molecule has 2 nitrogen and oxygen atoms in total. The molecule has 1 aromatic rings. The molecule has 22 heavy (non-hydrogen) atoms. The van der Waals surface area contributed by atoms with E-state index in [2.05, 4.69) is 23.7 Å². The zero-order valence-corrected chi connectivity index (χ0v) is 13.7. The number of carbonyl (C=O) groups excluding carboxylic acids is 1. The summed E-state index contributed by atoms with van der Waals surface area (Å²) in [5, 5.41) is 0. The molecule has 0 radical (unpaired) electrons. The Bertz CT molecular complexity index is 719. The second kappa shape index (κ2) is 8.55. The lowest BCUT2D eigenvalue weighted by Crippen LogP contribution is -1.99. The van der Waals surface area contributed by atoms with Gasteiger partial charge in [-0.3, -0.25) is 4.79 Å². The molecule has 2 heteroatoms. The van der Waals surface area contributed by atoms with Crippen LogP contribution < -0.4 is 0 Å². The number of esters is 1. The lowest BCUT2D eigenvalue weighted by atomic mass is 10.1. The first kappa shape index (κ1) is 17.3. The van der Waals surface area contributed by atoms with E-state index in [1.54, 1.807) is 0 Å². The van der Waals surface area contributed by atoms with Gasteiger partial charge in [0.2, 0.25) is 0 Å². The van der Waals surface area contributed by atoms with Crippen molar-refractivity contribution in [2.24, 2.45) is 0 Å². The summed E-state index contributed by atoms with van der Waals surface area (Å²) in [7, 11) is 0. The minimum absolute atomic E-state index is 0.375. The van der Waals surface area contributed by atoms with Gasteiger partial charge in [-0.25, -0.2) is 0 Å². The van der Waals surface area contributed by atoms with Gasteiger partial charge in [0.05, 0.1) is 5.57 Å². The van der Waals surface area contributed by atoms with Crippen LogP contribution in [0.15, 0.2) is 52.8 Å². The number of hydrogen-bond donors (Lipinski definition) is 0. The number of rotatable bonds is 1. The second-order valence-electron chi connectivity index (χ2n) is 5.16. The van der Waals surface area contributed by atoms with Gasteiger partial charge in [0.15, 0.2) is 5.76 Å². The van der Waals surface area contributed by atoms with Crippen molar-refractivity contribution in [3.8, 4) is 23.7 Å². The molecule has 0 spiro atoms. The molecule has 1 rings (SSSR count). The average Bonchev–Trinajstić information content (AvgIpc) is 2.46. The second-order valence-corrected chi connectivity index (χ2v) is 5.16. The van der Waals surface area contributed by atoms with Crippen molar-refractivity contribution < 1.29 is 9.53 Å². The molecule has 0 bridgehead atoms. The fraction of sp³-hybridized carbons (Fsp3) is 0.250. The van der Waals surface area contributed by atoms with E-state index in [9.17, 15) is 4.79 Å². The van der Waals surface area contributed by atoms with Gasteiger partial charge in [0, 0.05) is 12.5 Å². The maximum absolute atomic E-state index is 11.1. The van der Waals surface area contributed by atoms with Crippen molar-refractivity contribution in [3.63, 3.8) is 0 Å². The highest BCUT2D eigenvalue weighted by Crippen LogP contribution is 2.07. The fourth-order valence-corrected chi connectivity index (χ4v) is 1.45. The number of benzene rings is 1. The molecule has 0 aliphatic carbocycles. The molecule has 0 N–H and O–H groups in total. The molecule has 0 heterocycles. The normalized spacial score (nSPS) is 8.59. The van der Waals surface area contributed by atoms with Crippen LogP contribution in [-0.4, -0.2) is 5.97 Å². The summed E-state index contributed by atoms with van der Waals surface area (Å²) < 4.78 is 5.10. The van der Waals surface area contributed by atoms with Crippen molar-refractivity contribution in [2.75, 3.05) is 0 Å². The summed E-state index contributed by atoms with van der Waals surface area (Å²) in [6, 6.07) is 9.74. The fourth-order valence-electron chi connectivity index (χ4n) is 1.45. The van der Waals surface area contributed by atoms with Crippen molar-refractivity contribution in [2.45, 2.75) is 34.6 Å². The molecule has 0 unspecified atom stereocenters. The Hall–Kier alpha value is -2.71. The van der Waals surface area contributed by atoms with Crippen molar-refractivity contribution >= 4 is 5.97 Å². The Morgan fingerprint density at radius 2 is 1.50 bits per heavy atom. The summed E-state index contributed by atoms with van der Waals surface area (Å²) in [5.41, 5.74) is 3.54. The Kier molecular flexibility index (Phi) is 6.74. The van der Waals surface area contributed by atoms with E-state index in [4.69, 9.17) is 4.74 Å². The first-order chi connectivity index (χ1) is 10.4. The van der Waals surface area contributed by atoms with Gasteiger partial charge in [0.25, 0.3) is 0 Å². The zero-order valence-electron chi connectivity index (χ0n) is 13.7. The Morgan fingerprint density at radius 3 is 2.00 bits per heavy atom. The predicted molar refractivity (Wildman–Crippen MR) is 89.6 cm³/mol. The van der Waals surface area contributed by atoms with Crippen LogP contribution in [0.25, 0.3) is 0 Å². The molecule has 0 atom stereocenters. The topological polar surface area (TPSA) is 26.3 Å². The van der Waals surface area contributed by atoms with E-state index < -0.39 is 0 Å². The summed E-state index contributed by atoms with van der Waals surface area (Å²) in [6.45, 7) is 8.98. The summed E-state index contributed by atoms with van der Waals surface area (Å²) in [6.07, 6.45) is 0. The molecule has 0 saturated heterocycles. The van der Waals surface area contributed by atoms with Gasteiger partial charge < -0.3 is 4.74 Å². The van der Waals surface area contributed by atoms with E-state index in [-0.39, 0.29) is 5.97 Å². The monoisotopic (exact) mass is 292 g/mol. The number of ether oxygens (including phenoxy) is 1. The number of carbonyl (C=O) groups is 1. The highest BCUT2D eigenvalue weighted by molar-refractivity contribution is 5.68. The Morgan fingerprint density at radius 1 is 0.864 bits per heavy atom. The third-order valence-corrected chi connectivity index (χ3v) is 2.61. The smallest absolute Gasteiger partial charge is 0.308 e. The molecular weight excluding hydrogens is 272 g/mol. The predicted octanol–water partition coefficient (Wildman–Crippen LogP) is 4.23. The molecule has 0 aromatic heterocycles.